The Morgan fingerprint density at radius 3 is 1.00 bits per heavy atom. The van der Waals surface area contributed by atoms with Gasteiger partial charge in [-0.25, -0.2) is 0 Å². The highest BCUT2D eigenvalue weighted by molar-refractivity contribution is 5.25. The second kappa shape index (κ2) is 3.62. The molecule has 80 valence electrons. The van der Waals surface area contributed by atoms with Crippen LogP contribution >= 0.6 is 0 Å². The minimum Gasteiger partial charge on any atom is -0.390 e. The lowest BCUT2D eigenvalue weighted by Crippen LogP contribution is -2.38. The lowest BCUT2D eigenvalue weighted by atomic mass is 9.78. The van der Waals surface area contributed by atoms with Crippen molar-refractivity contribution in [2.24, 2.45) is 0 Å². The van der Waals surface area contributed by atoms with Crippen molar-refractivity contribution in [3.8, 4) is 0 Å². The van der Waals surface area contributed by atoms with Crippen molar-refractivity contribution in [3.05, 3.63) is 11.1 Å². The molecule has 0 radical (unpaired) electrons. The van der Waals surface area contributed by atoms with Gasteiger partial charge in [-0.2, -0.15) is 0 Å². The molecule has 2 aliphatic carbocycles. The van der Waals surface area contributed by atoms with Gasteiger partial charge in [0.1, 0.15) is 0 Å². The molecule has 0 aliphatic heterocycles. The van der Waals surface area contributed by atoms with Crippen molar-refractivity contribution in [2.45, 2.75) is 50.1 Å². The largest absolute Gasteiger partial charge is 0.390 e. The van der Waals surface area contributed by atoms with E-state index < -0.39 is 24.4 Å². The summed E-state index contributed by atoms with van der Waals surface area (Å²) in [6.45, 7) is 0. The van der Waals surface area contributed by atoms with E-state index in [0.717, 1.165) is 11.1 Å². The molecule has 0 heterocycles. The van der Waals surface area contributed by atoms with Crippen LogP contribution in [-0.4, -0.2) is 44.8 Å². The minimum absolute atomic E-state index is 0.431. The number of hydrogen-bond acceptors (Lipinski definition) is 4. The summed E-state index contributed by atoms with van der Waals surface area (Å²) in [5.74, 6) is 0. The fraction of sp³-hybridized carbons (Fsp3) is 0.800. The summed E-state index contributed by atoms with van der Waals surface area (Å²) in [6.07, 6.45) is -1.12. The van der Waals surface area contributed by atoms with Gasteiger partial charge in [0.2, 0.25) is 0 Å². The molecule has 0 bridgehead atoms. The second-order valence-corrected chi connectivity index (χ2v) is 4.29. The highest BCUT2D eigenvalue weighted by atomic mass is 16.3. The first kappa shape index (κ1) is 10.1. The summed E-state index contributed by atoms with van der Waals surface area (Å²) in [6, 6.07) is 0. The topological polar surface area (TPSA) is 80.9 Å². The maximum absolute atomic E-state index is 9.44. The molecule has 4 heteroatoms. The summed E-state index contributed by atoms with van der Waals surface area (Å²) in [7, 11) is 0. The highest BCUT2D eigenvalue weighted by Crippen LogP contribution is 2.35. The van der Waals surface area contributed by atoms with Crippen LogP contribution in [0.4, 0.5) is 0 Å². The molecule has 14 heavy (non-hydrogen) atoms. The highest BCUT2D eigenvalue weighted by Gasteiger charge is 2.34. The van der Waals surface area contributed by atoms with Crippen molar-refractivity contribution < 1.29 is 20.4 Å². The number of aliphatic hydroxyl groups excluding tert-OH is 4. The van der Waals surface area contributed by atoms with E-state index in [1.54, 1.807) is 0 Å². The molecule has 0 saturated heterocycles. The average molecular weight is 200 g/mol. The van der Waals surface area contributed by atoms with Crippen LogP contribution in [0.2, 0.25) is 0 Å². The first-order chi connectivity index (χ1) is 6.58. The normalized spacial score (nSPS) is 43.7. The summed E-state index contributed by atoms with van der Waals surface area (Å²) in [5.41, 5.74) is 2.03. The Morgan fingerprint density at radius 1 is 0.571 bits per heavy atom. The van der Waals surface area contributed by atoms with Crippen molar-refractivity contribution in [2.75, 3.05) is 0 Å². The van der Waals surface area contributed by atoms with Crippen LogP contribution in [0.3, 0.4) is 0 Å². The molecule has 4 atom stereocenters. The molecule has 0 fully saturated rings. The molecule has 0 aromatic carbocycles. The third-order valence-electron chi connectivity index (χ3n) is 3.21. The van der Waals surface area contributed by atoms with Crippen LogP contribution < -0.4 is 0 Å². The first-order valence-electron chi connectivity index (χ1n) is 5.00. The van der Waals surface area contributed by atoms with E-state index in [0.29, 0.717) is 25.7 Å². The van der Waals surface area contributed by atoms with E-state index in [4.69, 9.17) is 0 Å². The molecule has 0 saturated carbocycles. The summed E-state index contributed by atoms with van der Waals surface area (Å²) in [5, 5.41) is 37.8. The Morgan fingerprint density at radius 2 is 0.786 bits per heavy atom. The molecule has 4 N–H and O–H groups in total. The van der Waals surface area contributed by atoms with E-state index in [-0.39, 0.29) is 0 Å². The predicted molar refractivity (Wildman–Crippen MR) is 49.5 cm³/mol. The molecule has 0 amide bonds. The standard InChI is InChI=1S/C10H16O4/c11-7-1-5-2-9(13)10(14)4-6(5)3-8(7)12/h7-14H,1-4H2/t7-,8-,9-,10-/m0/s1. The molecule has 2 rings (SSSR count). The minimum atomic E-state index is -0.712. The molecular formula is C10H16O4. The zero-order chi connectivity index (χ0) is 10.3. The molecular weight excluding hydrogens is 184 g/mol. The van der Waals surface area contributed by atoms with Crippen molar-refractivity contribution >= 4 is 0 Å². The van der Waals surface area contributed by atoms with Gasteiger partial charge < -0.3 is 20.4 Å². The Kier molecular flexibility index (Phi) is 2.62. The SMILES string of the molecule is O[C@H]1CC2=C(C[C@@H]1O)C[C@H](O)[C@@H](O)C2. The zero-order valence-corrected chi connectivity index (χ0v) is 7.93. The first-order valence-corrected chi connectivity index (χ1v) is 5.00. The van der Waals surface area contributed by atoms with Crippen LogP contribution in [-0.2, 0) is 0 Å². The summed E-state index contributed by atoms with van der Waals surface area (Å²) in [4.78, 5) is 0. The summed E-state index contributed by atoms with van der Waals surface area (Å²) >= 11 is 0. The van der Waals surface area contributed by atoms with Crippen LogP contribution in [0, 0.1) is 0 Å². The third-order valence-corrected chi connectivity index (χ3v) is 3.21. The van der Waals surface area contributed by atoms with Crippen LogP contribution in [0.25, 0.3) is 0 Å². The fourth-order valence-corrected chi connectivity index (χ4v) is 2.30. The lowest BCUT2D eigenvalue weighted by Gasteiger charge is -2.35. The van der Waals surface area contributed by atoms with Crippen LogP contribution in [0.1, 0.15) is 25.7 Å². The molecule has 2 aliphatic rings. The molecule has 0 aromatic heterocycles. The molecule has 4 nitrogen and oxygen atoms in total. The number of hydrogen-bond donors (Lipinski definition) is 4. The van der Waals surface area contributed by atoms with Gasteiger partial charge in [0.25, 0.3) is 0 Å². The van der Waals surface area contributed by atoms with Gasteiger partial charge in [0.15, 0.2) is 0 Å². The summed E-state index contributed by atoms with van der Waals surface area (Å²) < 4.78 is 0. The monoisotopic (exact) mass is 200 g/mol. The smallest absolute Gasteiger partial charge is 0.0839 e. The number of rotatable bonds is 0. The van der Waals surface area contributed by atoms with Gasteiger partial charge in [-0.1, -0.05) is 11.1 Å². The number of aliphatic hydroxyl groups is 4. The Hall–Kier alpha value is -0.420. The van der Waals surface area contributed by atoms with Crippen LogP contribution in [0.5, 0.6) is 0 Å². The van der Waals surface area contributed by atoms with E-state index in [2.05, 4.69) is 0 Å². The lowest BCUT2D eigenvalue weighted by molar-refractivity contribution is -0.0139. The van der Waals surface area contributed by atoms with E-state index in [9.17, 15) is 20.4 Å². The van der Waals surface area contributed by atoms with Gasteiger partial charge in [-0.15, -0.1) is 0 Å². The van der Waals surface area contributed by atoms with Crippen molar-refractivity contribution in [3.63, 3.8) is 0 Å². The van der Waals surface area contributed by atoms with Gasteiger partial charge >= 0.3 is 0 Å². The molecule has 0 unspecified atom stereocenters. The quantitative estimate of drug-likeness (QED) is 0.390. The van der Waals surface area contributed by atoms with Crippen molar-refractivity contribution in [1.82, 2.24) is 0 Å². The molecule has 0 spiro atoms. The maximum Gasteiger partial charge on any atom is 0.0839 e. The Labute approximate surface area is 82.5 Å². The predicted octanol–water partition coefficient (Wildman–Crippen LogP) is -0.686. The molecule has 0 aromatic rings. The van der Waals surface area contributed by atoms with Gasteiger partial charge in [-0.3, -0.25) is 0 Å². The van der Waals surface area contributed by atoms with E-state index in [1.165, 1.54) is 0 Å². The maximum atomic E-state index is 9.44. The van der Waals surface area contributed by atoms with Crippen molar-refractivity contribution in [1.29, 1.82) is 0 Å². The zero-order valence-electron chi connectivity index (χ0n) is 7.93. The van der Waals surface area contributed by atoms with Crippen LogP contribution in [0.15, 0.2) is 11.1 Å². The Balaban J connectivity index is 2.17. The van der Waals surface area contributed by atoms with Gasteiger partial charge in [0.05, 0.1) is 24.4 Å². The van der Waals surface area contributed by atoms with E-state index in [1.807, 2.05) is 0 Å². The average Bonchev–Trinajstić information content (AvgIpc) is 2.11. The van der Waals surface area contributed by atoms with E-state index >= 15 is 0 Å². The fourth-order valence-electron chi connectivity index (χ4n) is 2.30. The third kappa shape index (κ3) is 1.70. The second-order valence-electron chi connectivity index (χ2n) is 4.29. The Bertz CT molecular complexity index is 211. The van der Waals surface area contributed by atoms with Gasteiger partial charge in [-0.05, 0) is 25.7 Å². The van der Waals surface area contributed by atoms with Gasteiger partial charge in [0, 0.05) is 0 Å².